The Bertz CT molecular complexity index is 874. The van der Waals surface area contributed by atoms with Crippen molar-refractivity contribution in [3.63, 3.8) is 0 Å². The van der Waals surface area contributed by atoms with Gasteiger partial charge in [-0.2, -0.15) is 0 Å². The maximum absolute atomic E-state index is 5.99. The van der Waals surface area contributed by atoms with Crippen LogP contribution in [0.25, 0.3) is 0 Å². The summed E-state index contributed by atoms with van der Waals surface area (Å²) in [6, 6.07) is 4.36. The van der Waals surface area contributed by atoms with Crippen LogP contribution in [0.3, 0.4) is 0 Å². The molecule has 2 aromatic rings. The van der Waals surface area contributed by atoms with Crippen LogP contribution >= 0.6 is 0 Å². The van der Waals surface area contributed by atoms with Gasteiger partial charge in [-0.05, 0) is 51.9 Å². The van der Waals surface area contributed by atoms with Gasteiger partial charge in [-0.15, -0.1) is 10.2 Å². The molecule has 0 bridgehead atoms. The molecule has 0 saturated carbocycles. The van der Waals surface area contributed by atoms with Gasteiger partial charge in [0.15, 0.2) is 0 Å². The van der Waals surface area contributed by atoms with E-state index in [9.17, 15) is 0 Å². The van der Waals surface area contributed by atoms with E-state index in [2.05, 4.69) is 44.0 Å². The molecule has 1 unspecified atom stereocenters. The van der Waals surface area contributed by atoms with Gasteiger partial charge in [0.05, 0.1) is 13.2 Å². The lowest BCUT2D eigenvalue weighted by atomic mass is 9.97. The summed E-state index contributed by atoms with van der Waals surface area (Å²) in [6.07, 6.45) is 3.53. The molecule has 1 N–H and O–H groups in total. The molecule has 0 aliphatic carbocycles. The summed E-state index contributed by atoms with van der Waals surface area (Å²) in [5, 5.41) is 12.6. The number of fused-ring (bicyclic) bond motifs is 2. The molecule has 0 spiro atoms. The molecule has 0 radical (unpaired) electrons. The second-order valence-electron chi connectivity index (χ2n) is 8.49. The summed E-state index contributed by atoms with van der Waals surface area (Å²) in [5.74, 6) is 4.84. The number of rotatable bonds is 5. The lowest BCUT2D eigenvalue weighted by molar-refractivity contribution is 0.201. The Morgan fingerprint density at radius 2 is 2.07 bits per heavy atom. The molecule has 5 rings (SSSR count). The van der Waals surface area contributed by atoms with Crippen molar-refractivity contribution in [3.05, 3.63) is 34.9 Å². The van der Waals surface area contributed by atoms with Crippen molar-refractivity contribution in [2.24, 2.45) is 0 Å². The number of piperidine rings is 1. The molecule has 156 valence electrons. The number of nitrogens with one attached hydrogen (secondary N) is 1. The second kappa shape index (κ2) is 7.95. The average Bonchev–Trinajstić information content (AvgIpc) is 3.31. The maximum atomic E-state index is 5.99. The van der Waals surface area contributed by atoms with E-state index in [1.165, 1.54) is 17.0 Å². The highest BCUT2D eigenvalue weighted by atomic mass is 16.5. The summed E-state index contributed by atoms with van der Waals surface area (Å²) in [4.78, 5) is 2.44. The Hall–Kier alpha value is -2.12. The molecule has 1 aromatic carbocycles. The van der Waals surface area contributed by atoms with Crippen LogP contribution < -0.4 is 14.8 Å². The van der Waals surface area contributed by atoms with Crippen LogP contribution in [0.2, 0.25) is 0 Å². The fourth-order valence-electron chi connectivity index (χ4n) is 4.88. The van der Waals surface area contributed by atoms with Gasteiger partial charge in [-0.25, -0.2) is 0 Å². The molecule has 3 aliphatic heterocycles. The van der Waals surface area contributed by atoms with Crippen molar-refractivity contribution in [3.8, 4) is 11.5 Å². The van der Waals surface area contributed by atoms with Crippen LogP contribution in [0.5, 0.6) is 11.5 Å². The Morgan fingerprint density at radius 3 is 2.90 bits per heavy atom. The monoisotopic (exact) mass is 397 g/mol. The Morgan fingerprint density at radius 1 is 1.21 bits per heavy atom. The Labute approximate surface area is 172 Å². The third kappa shape index (κ3) is 3.73. The lowest BCUT2D eigenvalue weighted by Crippen LogP contribution is -2.35. The molecule has 1 aromatic heterocycles. The van der Waals surface area contributed by atoms with Crippen LogP contribution in [-0.4, -0.2) is 52.0 Å². The molecular formula is C22H31N5O2. The third-order valence-corrected chi connectivity index (χ3v) is 6.34. The molecule has 0 amide bonds. The first-order valence-corrected chi connectivity index (χ1v) is 11.0. The molecule has 7 heteroatoms. The lowest BCUT2D eigenvalue weighted by Gasteiger charge is -2.30. The molecule has 1 saturated heterocycles. The van der Waals surface area contributed by atoms with Crippen molar-refractivity contribution < 1.29 is 9.47 Å². The minimum atomic E-state index is 0.247. The van der Waals surface area contributed by atoms with Gasteiger partial charge < -0.3 is 19.4 Å². The van der Waals surface area contributed by atoms with Crippen LogP contribution in [0.1, 0.15) is 55.4 Å². The molecule has 4 heterocycles. The second-order valence-corrected chi connectivity index (χ2v) is 8.49. The van der Waals surface area contributed by atoms with Crippen LogP contribution in [-0.2, 0) is 26.1 Å². The van der Waals surface area contributed by atoms with Gasteiger partial charge in [0.2, 0.25) is 0 Å². The van der Waals surface area contributed by atoms with E-state index >= 15 is 0 Å². The number of hydrogen-bond acceptors (Lipinski definition) is 6. The fraction of sp³-hybridized carbons (Fsp3) is 0.636. The zero-order valence-corrected chi connectivity index (χ0v) is 17.5. The highest BCUT2D eigenvalue weighted by molar-refractivity contribution is 5.48. The molecule has 1 atom stereocenters. The molecular weight excluding hydrogens is 366 g/mol. The SMILES string of the molecule is CCOc1cc2c(cc1CN1CCn3c(nnc3C3CCNCC3)C1)OC(C)C2. The maximum Gasteiger partial charge on any atom is 0.147 e. The van der Waals surface area contributed by atoms with E-state index in [1.54, 1.807) is 0 Å². The predicted molar refractivity (Wildman–Crippen MR) is 110 cm³/mol. The quantitative estimate of drug-likeness (QED) is 0.836. The van der Waals surface area contributed by atoms with Crippen molar-refractivity contribution in [1.29, 1.82) is 0 Å². The van der Waals surface area contributed by atoms with E-state index in [4.69, 9.17) is 9.47 Å². The van der Waals surface area contributed by atoms with E-state index in [-0.39, 0.29) is 6.10 Å². The number of aromatic nitrogens is 3. The Balaban J connectivity index is 1.33. The van der Waals surface area contributed by atoms with Gasteiger partial charge in [0.1, 0.15) is 29.3 Å². The van der Waals surface area contributed by atoms with Crippen molar-refractivity contribution in [2.45, 2.75) is 64.8 Å². The van der Waals surface area contributed by atoms with E-state index in [0.717, 1.165) is 75.9 Å². The average molecular weight is 398 g/mol. The number of ether oxygens (including phenoxy) is 2. The topological polar surface area (TPSA) is 64.4 Å². The summed E-state index contributed by atoms with van der Waals surface area (Å²) in [5.41, 5.74) is 2.46. The largest absolute Gasteiger partial charge is 0.494 e. The first-order valence-electron chi connectivity index (χ1n) is 11.0. The van der Waals surface area contributed by atoms with Crippen LogP contribution in [0.15, 0.2) is 12.1 Å². The third-order valence-electron chi connectivity index (χ3n) is 6.34. The van der Waals surface area contributed by atoms with Gasteiger partial charge in [0.25, 0.3) is 0 Å². The van der Waals surface area contributed by atoms with Gasteiger partial charge in [-0.1, -0.05) is 0 Å². The minimum absolute atomic E-state index is 0.247. The number of hydrogen-bond donors (Lipinski definition) is 1. The number of benzene rings is 1. The first kappa shape index (κ1) is 18.9. The number of nitrogens with zero attached hydrogens (tertiary/aromatic N) is 4. The smallest absolute Gasteiger partial charge is 0.147 e. The van der Waals surface area contributed by atoms with Gasteiger partial charge >= 0.3 is 0 Å². The zero-order chi connectivity index (χ0) is 19.8. The van der Waals surface area contributed by atoms with Crippen molar-refractivity contribution >= 4 is 0 Å². The highest BCUT2D eigenvalue weighted by Crippen LogP contribution is 2.36. The minimum Gasteiger partial charge on any atom is -0.494 e. The van der Waals surface area contributed by atoms with E-state index < -0.39 is 0 Å². The fourth-order valence-corrected chi connectivity index (χ4v) is 4.88. The molecule has 1 fully saturated rings. The predicted octanol–water partition coefficient (Wildman–Crippen LogP) is 2.48. The summed E-state index contributed by atoms with van der Waals surface area (Å²) in [6.45, 7) is 10.6. The standard InChI is InChI=1S/C22H31N5O2/c1-3-28-19-11-17-10-15(2)29-20(17)12-18(19)13-26-8-9-27-21(14-26)24-25-22(27)16-4-6-23-7-5-16/h11-12,15-16,23H,3-10,13-14H2,1-2H3. The molecule has 3 aliphatic rings. The summed E-state index contributed by atoms with van der Waals surface area (Å²) < 4.78 is 14.3. The normalized spacial score (nSPS) is 22.2. The van der Waals surface area contributed by atoms with Crippen LogP contribution in [0, 0.1) is 0 Å². The first-order chi connectivity index (χ1) is 14.2. The Kier molecular flexibility index (Phi) is 5.18. The van der Waals surface area contributed by atoms with Crippen LogP contribution in [0.4, 0.5) is 0 Å². The summed E-state index contributed by atoms with van der Waals surface area (Å²) >= 11 is 0. The highest BCUT2D eigenvalue weighted by Gasteiger charge is 2.28. The molecule has 29 heavy (non-hydrogen) atoms. The van der Waals surface area contributed by atoms with Crippen molar-refractivity contribution in [2.75, 3.05) is 26.2 Å². The summed E-state index contributed by atoms with van der Waals surface area (Å²) in [7, 11) is 0. The van der Waals surface area contributed by atoms with E-state index in [1.807, 2.05) is 6.92 Å². The van der Waals surface area contributed by atoms with E-state index in [0.29, 0.717) is 12.5 Å². The van der Waals surface area contributed by atoms with Gasteiger partial charge in [0, 0.05) is 43.1 Å². The van der Waals surface area contributed by atoms with Gasteiger partial charge in [-0.3, -0.25) is 4.90 Å². The molecule has 7 nitrogen and oxygen atoms in total. The van der Waals surface area contributed by atoms with Crippen molar-refractivity contribution in [1.82, 2.24) is 25.0 Å². The zero-order valence-electron chi connectivity index (χ0n) is 17.5.